The van der Waals surface area contributed by atoms with Crippen LogP contribution in [0.3, 0.4) is 0 Å². The van der Waals surface area contributed by atoms with Crippen molar-refractivity contribution in [3.05, 3.63) is 47.5 Å². The Labute approximate surface area is 153 Å². The van der Waals surface area contributed by atoms with Crippen LogP contribution in [0.15, 0.2) is 46.8 Å². The maximum atomic E-state index is 11.9. The van der Waals surface area contributed by atoms with Gasteiger partial charge < -0.3 is 10.1 Å². The summed E-state index contributed by atoms with van der Waals surface area (Å²) < 4.78 is 5.21. The van der Waals surface area contributed by atoms with Crippen LogP contribution in [0.4, 0.5) is 5.13 Å². The van der Waals surface area contributed by atoms with Crippen LogP contribution in [0, 0.1) is 6.92 Å². The maximum absolute atomic E-state index is 11.9. The summed E-state index contributed by atoms with van der Waals surface area (Å²) in [5, 5.41) is 14.4. The lowest BCUT2D eigenvalue weighted by molar-refractivity contribution is -0.113. The Morgan fingerprint density at radius 1 is 1.28 bits per heavy atom. The second-order valence-corrected chi connectivity index (χ2v) is 6.97. The molecular formula is C17H16N4O2S2. The molecule has 25 heavy (non-hydrogen) atoms. The number of nitrogens with one attached hydrogen (secondary N) is 1. The third kappa shape index (κ3) is 4.77. The molecule has 1 aromatic carbocycles. The molecule has 0 radical (unpaired) electrons. The van der Waals surface area contributed by atoms with Crippen LogP contribution in [0.2, 0.25) is 0 Å². The number of carbonyl (C=O) groups excluding carboxylic acids is 1. The van der Waals surface area contributed by atoms with Gasteiger partial charge in [-0.2, -0.15) is 0 Å². The molecule has 1 amide bonds. The van der Waals surface area contributed by atoms with Crippen molar-refractivity contribution in [3.63, 3.8) is 0 Å². The molecule has 0 unspecified atom stereocenters. The Morgan fingerprint density at radius 2 is 2.16 bits per heavy atom. The van der Waals surface area contributed by atoms with E-state index >= 15 is 0 Å². The molecule has 0 aliphatic heterocycles. The second-order valence-electron chi connectivity index (χ2n) is 5.12. The molecule has 2 aromatic heterocycles. The fourth-order valence-electron chi connectivity index (χ4n) is 2.04. The highest BCUT2D eigenvalue weighted by Crippen LogP contribution is 2.23. The summed E-state index contributed by atoms with van der Waals surface area (Å²) in [7, 11) is 1.63. The normalized spacial score (nSPS) is 10.5. The van der Waals surface area contributed by atoms with Crippen molar-refractivity contribution in [1.29, 1.82) is 0 Å². The zero-order valence-electron chi connectivity index (χ0n) is 13.7. The molecule has 8 heteroatoms. The van der Waals surface area contributed by atoms with Gasteiger partial charge in [0.1, 0.15) is 10.8 Å². The number of nitrogens with zero attached hydrogens (tertiary/aromatic N) is 3. The number of ether oxygens (including phenoxy) is 1. The molecule has 2 heterocycles. The Kier molecular flexibility index (Phi) is 5.62. The van der Waals surface area contributed by atoms with Gasteiger partial charge in [0.25, 0.3) is 0 Å². The van der Waals surface area contributed by atoms with Crippen molar-refractivity contribution >= 4 is 34.1 Å². The minimum Gasteiger partial charge on any atom is -0.497 e. The van der Waals surface area contributed by atoms with Crippen LogP contribution in [0.5, 0.6) is 5.75 Å². The molecule has 0 aliphatic rings. The number of carbonyl (C=O) groups is 1. The van der Waals surface area contributed by atoms with E-state index in [2.05, 4.69) is 20.5 Å². The average molecular weight is 372 g/mol. The highest BCUT2D eigenvalue weighted by Gasteiger charge is 2.08. The number of amides is 1. The topological polar surface area (TPSA) is 77.0 Å². The van der Waals surface area contributed by atoms with Crippen molar-refractivity contribution in [1.82, 2.24) is 15.2 Å². The van der Waals surface area contributed by atoms with E-state index in [1.807, 2.05) is 48.7 Å². The summed E-state index contributed by atoms with van der Waals surface area (Å²) >= 11 is 2.74. The van der Waals surface area contributed by atoms with E-state index in [9.17, 15) is 4.79 Å². The summed E-state index contributed by atoms with van der Waals surface area (Å²) in [6.45, 7) is 1.89. The molecule has 6 nitrogen and oxygen atoms in total. The first-order valence-electron chi connectivity index (χ1n) is 7.47. The predicted molar refractivity (Wildman–Crippen MR) is 100 cm³/mol. The smallest absolute Gasteiger partial charge is 0.236 e. The number of aromatic nitrogens is 3. The molecular weight excluding hydrogens is 356 g/mol. The summed E-state index contributed by atoms with van der Waals surface area (Å²) in [6, 6.07) is 11.4. The van der Waals surface area contributed by atoms with Gasteiger partial charge in [-0.05, 0) is 31.2 Å². The van der Waals surface area contributed by atoms with Crippen LogP contribution in [0.1, 0.15) is 5.69 Å². The quantitative estimate of drug-likeness (QED) is 0.666. The fourth-order valence-corrected chi connectivity index (χ4v) is 3.36. The third-order valence-corrected chi connectivity index (χ3v) is 5.02. The van der Waals surface area contributed by atoms with Crippen LogP contribution in [-0.2, 0) is 4.79 Å². The molecule has 3 aromatic rings. The number of rotatable bonds is 6. The van der Waals surface area contributed by atoms with Crippen LogP contribution >= 0.6 is 23.1 Å². The lowest BCUT2D eigenvalue weighted by Crippen LogP contribution is -2.14. The van der Waals surface area contributed by atoms with Gasteiger partial charge >= 0.3 is 0 Å². The van der Waals surface area contributed by atoms with Gasteiger partial charge in [0.05, 0.1) is 24.3 Å². The Bertz CT molecular complexity index is 865. The minimum atomic E-state index is -0.113. The van der Waals surface area contributed by atoms with Crippen molar-refractivity contribution in [2.75, 3.05) is 18.2 Å². The van der Waals surface area contributed by atoms with E-state index in [1.165, 1.54) is 23.1 Å². The largest absolute Gasteiger partial charge is 0.497 e. The van der Waals surface area contributed by atoms with Gasteiger partial charge in [-0.3, -0.25) is 4.79 Å². The van der Waals surface area contributed by atoms with E-state index in [0.29, 0.717) is 10.2 Å². The van der Waals surface area contributed by atoms with Crippen LogP contribution in [0.25, 0.3) is 11.3 Å². The first-order chi connectivity index (χ1) is 12.1. The SMILES string of the molecule is COc1cccc(-c2ccc(SCC(=O)Nc3nc(C)cs3)nn2)c1. The van der Waals surface area contributed by atoms with E-state index in [4.69, 9.17) is 4.74 Å². The molecule has 0 fully saturated rings. The minimum absolute atomic E-state index is 0.113. The number of anilines is 1. The Hall–Kier alpha value is -2.45. The van der Waals surface area contributed by atoms with Gasteiger partial charge in [-0.1, -0.05) is 23.9 Å². The summed E-state index contributed by atoms with van der Waals surface area (Å²) in [5.41, 5.74) is 2.58. The molecule has 0 saturated carbocycles. The maximum Gasteiger partial charge on any atom is 0.236 e. The van der Waals surface area contributed by atoms with Gasteiger partial charge in [-0.15, -0.1) is 21.5 Å². The van der Waals surface area contributed by atoms with Crippen molar-refractivity contribution in [2.24, 2.45) is 0 Å². The number of benzene rings is 1. The summed E-state index contributed by atoms with van der Waals surface area (Å²) in [5.74, 6) is 0.913. The number of aryl methyl sites for hydroxylation is 1. The van der Waals surface area contributed by atoms with Gasteiger partial charge in [0.15, 0.2) is 5.13 Å². The number of thioether (sulfide) groups is 1. The van der Waals surface area contributed by atoms with Gasteiger partial charge in [0, 0.05) is 10.9 Å². The molecule has 0 bridgehead atoms. The number of hydrogen-bond donors (Lipinski definition) is 1. The van der Waals surface area contributed by atoms with Crippen LogP contribution in [-0.4, -0.2) is 34.0 Å². The summed E-state index contributed by atoms with van der Waals surface area (Å²) in [4.78, 5) is 16.1. The first-order valence-corrected chi connectivity index (χ1v) is 9.33. The Balaban J connectivity index is 1.58. The molecule has 0 aliphatic carbocycles. The van der Waals surface area contributed by atoms with Crippen molar-refractivity contribution < 1.29 is 9.53 Å². The molecule has 3 rings (SSSR count). The zero-order valence-corrected chi connectivity index (χ0v) is 15.4. The molecule has 0 atom stereocenters. The van der Waals surface area contributed by atoms with Crippen molar-refractivity contribution in [3.8, 4) is 17.0 Å². The molecule has 1 N–H and O–H groups in total. The van der Waals surface area contributed by atoms with E-state index in [-0.39, 0.29) is 11.7 Å². The Morgan fingerprint density at radius 3 is 2.84 bits per heavy atom. The van der Waals surface area contributed by atoms with E-state index < -0.39 is 0 Å². The third-order valence-electron chi connectivity index (χ3n) is 3.22. The monoisotopic (exact) mass is 372 g/mol. The number of methoxy groups -OCH3 is 1. The lowest BCUT2D eigenvalue weighted by atomic mass is 10.1. The molecule has 0 saturated heterocycles. The second kappa shape index (κ2) is 8.09. The first kappa shape index (κ1) is 17.4. The van der Waals surface area contributed by atoms with Gasteiger partial charge in [0.2, 0.25) is 5.91 Å². The fraction of sp³-hybridized carbons (Fsp3) is 0.176. The van der Waals surface area contributed by atoms with E-state index in [0.717, 1.165) is 22.7 Å². The molecule has 128 valence electrons. The standard InChI is InChI=1S/C17H16N4O2S2/c1-11-9-25-17(18-11)19-15(22)10-24-16-7-6-14(20-21-16)12-4-3-5-13(8-12)23-2/h3-9H,10H2,1-2H3,(H,18,19,22). The van der Waals surface area contributed by atoms with E-state index in [1.54, 1.807) is 7.11 Å². The average Bonchev–Trinajstić information content (AvgIpc) is 3.05. The highest BCUT2D eigenvalue weighted by molar-refractivity contribution is 7.99. The predicted octanol–water partition coefficient (Wildman–Crippen LogP) is 3.65. The highest BCUT2D eigenvalue weighted by atomic mass is 32.2. The van der Waals surface area contributed by atoms with Gasteiger partial charge in [-0.25, -0.2) is 4.98 Å². The zero-order chi connectivity index (χ0) is 17.6. The number of thiazole rings is 1. The lowest BCUT2D eigenvalue weighted by Gasteiger charge is -2.05. The molecule has 0 spiro atoms. The van der Waals surface area contributed by atoms with Crippen molar-refractivity contribution in [2.45, 2.75) is 11.9 Å². The summed E-state index contributed by atoms with van der Waals surface area (Å²) in [6.07, 6.45) is 0. The number of hydrogen-bond acceptors (Lipinski definition) is 7. The van der Waals surface area contributed by atoms with Crippen LogP contribution < -0.4 is 10.1 Å².